The molecule has 0 bridgehead atoms. The Bertz CT molecular complexity index is 788. The molecule has 1 aromatic carbocycles. The molecule has 1 atom stereocenters. The fourth-order valence-electron chi connectivity index (χ4n) is 2.90. The van der Waals surface area contributed by atoms with Crippen LogP contribution in [-0.2, 0) is 9.59 Å². The minimum absolute atomic E-state index is 0.00886. The molecule has 3 rings (SSSR count). The standard InChI is InChI=1S/C18H20Cl2N4O2S/c19-11-7-8-13(20)14(9-11)21-16(25)10-15-17(26)22-18(27-15)24-23-12-5-3-1-2-4-6-12/h7-9,15H,1-6,10H2,(H,21,25)(H,22,24,26)/t15-/m0/s1. The summed E-state index contributed by atoms with van der Waals surface area (Å²) >= 11 is 13.2. The van der Waals surface area contributed by atoms with E-state index in [1.165, 1.54) is 24.6 Å². The number of hydrogen-bond acceptors (Lipinski definition) is 5. The van der Waals surface area contributed by atoms with Crippen LogP contribution in [0.3, 0.4) is 0 Å². The Morgan fingerprint density at radius 3 is 2.67 bits per heavy atom. The maximum Gasteiger partial charge on any atom is 0.240 e. The van der Waals surface area contributed by atoms with E-state index in [9.17, 15) is 9.59 Å². The summed E-state index contributed by atoms with van der Waals surface area (Å²) < 4.78 is 0. The number of carbonyl (C=O) groups excluding carboxylic acids is 2. The molecule has 0 spiro atoms. The van der Waals surface area contributed by atoms with Crippen LogP contribution >= 0.6 is 35.0 Å². The van der Waals surface area contributed by atoms with Gasteiger partial charge in [-0.05, 0) is 43.9 Å². The van der Waals surface area contributed by atoms with Crippen LogP contribution in [0, 0.1) is 0 Å². The Labute approximate surface area is 172 Å². The molecule has 2 N–H and O–H groups in total. The van der Waals surface area contributed by atoms with Crippen LogP contribution in [0.2, 0.25) is 10.0 Å². The molecule has 9 heteroatoms. The second kappa shape index (κ2) is 9.57. The largest absolute Gasteiger partial charge is 0.325 e. The Morgan fingerprint density at radius 1 is 1.19 bits per heavy atom. The van der Waals surface area contributed by atoms with Crippen molar-refractivity contribution in [3.63, 3.8) is 0 Å². The molecule has 6 nitrogen and oxygen atoms in total. The zero-order valence-corrected chi connectivity index (χ0v) is 17.0. The third kappa shape index (κ3) is 5.96. The Kier molecular flexibility index (Phi) is 7.15. The number of nitrogens with one attached hydrogen (secondary N) is 2. The molecule has 2 aliphatic rings. The van der Waals surface area contributed by atoms with Crippen molar-refractivity contribution < 1.29 is 9.59 Å². The van der Waals surface area contributed by atoms with Crippen molar-refractivity contribution in [3.8, 4) is 0 Å². The molecule has 144 valence electrons. The van der Waals surface area contributed by atoms with Gasteiger partial charge in [0.1, 0.15) is 5.25 Å². The Hall–Kier alpha value is -1.57. The molecular weight excluding hydrogens is 407 g/mol. The molecule has 2 amide bonds. The first-order chi connectivity index (χ1) is 13.0. The summed E-state index contributed by atoms with van der Waals surface area (Å²) in [6.07, 6.45) is 6.66. The second-order valence-corrected chi connectivity index (χ2v) is 8.49. The van der Waals surface area contributed by atoms with Crippen LogP contribution < -0.4 is 10.6 Å². The summed E-state index contributed by atoms with van der Waals surface area (Å²) in [5, 5.41) is 14.6. The third-order valence-electron chi connectivity index (χ3n) is 4.31. The van der Waals surface area contributed by atoms with Crippen molar-refractivity contribution in [3.05, 3.63) is 28.2 Å². The topological polar surface area (TPSA) is 82.9 Å². The highest BCUT2D eigenvalue weighted by Gasteiger charge is 2.32. The number of carbonyl (C=O) groups is 2. The van der Waals surface area contributed by atoms with E-state index in [1.807, 2.05) is 0 Å². The maximum atomic E-state index is 12.3. The zero-order valence-electron chi connectivity index (χ0n) is 14.6. The minimum Gasteiger partial charge on any atom is -0.325 e. The van der Waals surface area contributed by atoms with Crippen LogP contribution in [-0.4, -0.2) is 27.9 Å². The zero-order chi connectivity index (χ0) is 19.2. The molecule has 2 fully saturated rings. The highest BCUT2D eigenvalue weighted by Crippen LogP contribution is 2.27. The normalized spacial score (nSPS) is 21.7. The maximum absolute atomic E-state index is 12.3. The van der Waals surface area contributed by atoms with E-state index in [0.29, 0.717) is 20.9 Å². The molecule has 1 aromatic rings. The van der Waals surface area contributed by atoms with Gasteiger partial charge in [-0.15, -0.1) is 5.10 Å². The monoisotopic (exact) mass is 426 g/mol. The lowest BCUT2D eigenvalue weighted by Crippen LogP contribution is -2.28. The fraction of sp³-hybridized carbons (Fsp3) is 0.444. The molecule has 1 saturated carbocycles. The summed E-state index contributed by atoms with van der Waals surface area (Å²) in [5.41, 5.74) is 1.50. The number of nitrogens with zero attached hydrogens (tertiary/aromatic N) is 2. The van der Waals surface area contributed by atoms with Crippen molar-refractivity contribution in [1.29, 1.82) is 0 Å². The predicted molar refractivity (Wildman–Crippen MR) is 112 cm³/mol. The second-order valence-electron chi connectivity index (χ2n) is 6.46. The Balaban J connectivity index is 1.57. The van der Waals surface area contributed by atoms with E-state index in [1.54, 1.807) is 18.2 Å². The quantitative estimate of drug-likeness (QED) is 0.543. The van der Waals surface area contributed by atoms with Gasteiger partial charge in [0.25, 0.3) is 0 Å². The van der Waals surface area contributed by atoms with Crippen LogP contribution in [0.5, 0.6) is 0 Å². The van der Waals surface area contributed by atoms with Crippen LogP contribution in [0.15, 0.2) is 28.4 Å². The van der Waals surface area contributed by atoms with E-state index in [2.05, 4.69) is 20.8 Å². The van der Waals surface area contributed by atoms with Crippen molar-refractivity contribution in [2.75, 3.05) is 5.32 Å². The fourth-order valence-corrected chi connectivity index (χ4v) is 4.16. The van der Waals surface area contributed by atoms with Crippen molar-refractivity contribution in [1.82, 2.24) is 5.32 Å². The summed E-state index contributed by atoms with van der Waals surface area (Å²) in [6, 6.07) is 4.81. The van der Waals surface area contributed by atoms with Crippen LogP contribution in [0.1, 0.15) is 44.9 Å². The summed E-state index contributed by atoms with van der Waals surface area (Å²) in [5.74, 6) is -0.560. The van der Waals surface area contributed by atoms with Gasteiger partial charge in [-0.2, -0.15) is 5.10 Å². The van der Waals surface area contributed by atoms with Gasteiger partial charge in [-0.25, -0.2) is 0 Å². The highest BCUT2D eigenvalue weighted by atomic mass is 35.5. The van der Waals surface area contributed by atoms with Gasteiger partial charge in [-0.3, -0.25) is 9.59 Å². The van der Waals surface area contributed by atoms with Crippen molar-refractivity contribution in [2.24, 2.45) is 10.2 Å². The average molecular weight is 427 g/mol. The van der Waals surface area contributed by atoms with Crippen LogP contribution in [0.25, 0.3) is 0 Å². The predicted octanol–water partition coefficient (Wildman–Crippen LogP) is 4.62. The number of thioether (sulfide) groups is 1. The molecular formula is C18H20Cl2N4O2S. The van der Waals surface area contributed by atoms with Gasteiger partial charge in [0, 0.05) is 17.2 Å². The summed E-state index contributed by atoms with van der Waals surface area (Å²) in [6.45, 7) is 0. The Morgan fingerprint density at radius 2 is 1.93 bits per heavy atom. The van der Waals surface area contributed by atoms with E-state index in [0.717, 1.165) is 31.4 Å². The molecule has 27 heavy (non-hydrogen) atoms. The number of amides is 2. The molecule has 0 unspecified atom stereocenters. The summed E-state index contributed by atoms with van der Waals surface area (Å²) in [7, 11) is 0. The third-order valence-corrected chi connectivity index (χ3v) is 5.95. The van der Waals surface area contributed by atoms with Crippen molar-refractivity contribution in [2.45, 2.75) is 50.2 Å². The number of rotatable bonds is 4. The van der Waals surface area contributed by atoms with Gasteiger partial charge >= 0.3 is 0 Å². The molecule has 0 aromatic heterocycles. The number of benzene rings is 1. The molecule has 1 aliphatic carbocycles. The number of anilines is 1. The van der Waals surface area contributed by atoms with Crippen LogP contribution in [0.4, 0.5) is 5.69 Å². The SMILES string of the molecule is O=C(C[C@@H]1S/C(=N/N=C2CCCCCC2)NC1=O)Nc1cc(Cl)ccc1Cl. The molecule has 1 heterocycles. The first-order valence-corrected chi connectivity index (χ1v) is 10.5. The smallest absolute Gasteiger partial charge is 0.240 e. The van der Waals surface area contributed by atoms with Gasteiger partial charge in [0.05, 0.1) is 10.7 Å². The van der Waals surface area contributed by atoms with E-state index < -0.39 is 5.25 Å². The lowest BCUT2D eigenvalue weighted by atomic mass is 10.2. The lowest BCUT2D eigenvalue weighted by molar-refractivity contribution is -0.122. The van der Waals surface area contributed by atoms with E-state index in [-0.39, 0.29) is 18.2 Å². The van der Waals surface area contributed by atoms with Gasteiger partial charge in [0.2, 0.25) is 11.8 Å². The molecule has 0 radical (unpaired) electrons. The van der Waals surface area contributed by atoms with Gasteiger partial charge in [-0.1, -0.05) is 47.8 Å². The minimum atomic E-state index is -0.545. The lowest BCUT2D eigenvalue weighted by Gasteiger charge is -2.09. The molecule has 1 saturated heterocycles. The average Bonchev–Trinajstić information content (AvgIpc) is 2.83. The van der Waals surface area contributed by atoms with Gasteiger partial charge in [0.15, 0.2) is 5.17 Å². The van der Waals surface area contributed by atoms with E-state index >= 15 is 0 Å². The molecule has 1 aliphatic heterocycles. The van der Waals surface area contributed by atoms with E-state index in [4.69, 9.17) is 23.2 Å². The highest BCUT2D eigenvalue weighted by molar-refractivity contribution is 8.15. The van der Waals surface area contributed by atoms with Crippen molar-refractivity contribution >= 4 is 63.3 Å². The number of amidine groups is 1. The summed E-state index contributed by atoms with van der Waals surface area (Å²) in [4.78, 5) is 24.4. The number of hydrogen-bond donors (Lipinski definition) is 2. The first-order valence-electron chi connectivity index (χ1n) is 8.87. The van der Waals surface area contributed by atoms with Gasteiger partial charge < -0.3 is 10.6 Å². The first kappa shape index (κ1) is 20.2. The number of halogens is 2.